The van der Waals surface area contributed by atoms with Gasteiger partial charge in [-0.05, 0) is 73.0 Å². The molecule has 0 saturated heterocycles. The van der Waals surface area contributed by atoms with Gasteiger partial charge in [-0.25, -0.2) is 8.42 Å². The van der Waals surface area contributed by atoms with Crippen LogP contribution in [-0.2, 0) is 21.2 Å². The first kappa shape index (κ1) is 21.6. The van der Waals surface area contributed by atoms with Gasteiger partial charge in [0.25, 0.3) is 15.9 Å². The summed E-state index contributed by atoms with van der Waals surface area (Å²) in [5.41, 5.74) is 3.09. The number of carbonyl (C=O) groups is 2. The first-order valence-electron chi connectivity index (χ1n) is 10.2. The molecule has 0 radical (unpaired) electrons. The molecule has 166 valence electrons. The minimum Gasteiger partial charge on any atom is -0.459 e. The van der Waals surface area contributed by atoms with Crippen molar-refractivity contribution in [1.29, 1.82) is 0 Å². The summed E-state index contributed by atoms with van der Waals surface area (Å²) in [4.78, 5) is 25.9. The number of aryl methyl sites for hydroxylation is 1. The molecule has 8 nitrogen and oxygen atoms in total. The smallest absolute Gasteiger partial charge is 0.293 e. The molecule has 4 rings (SSSR count). The van der Waals surface area contributed by atoms with Gasteiger partial charge in [-0.3, -0.25) is 14.3 Å². The average molecular weight is 454 g/mol. The summed E-state index contributed by atoms with van der Waals surface area (Å²) in [5, 5.41) is 2.72. The van der Waals surface area contributed by atoms with Crippen molar-refractivity contribution in [2.75, 3.05) is 21.5 Å². The summed E-state index contributed by atoms with van der Waals surface area (Å²) in [6.45, 7) is 3.92. The van der Waals surface area contributed by atoms with Crippen LogP contribution in [0.2, 0.25) is 0 Å². The number of rotatable bonds is 6. The van der Waals surface area contributed by atoms with Crippen molar-refractivity contribution in [3.63, 3.8) is 0 Å². The van der Waals surface area contributed by atoms with E-state index in [9.17, 15) is 18.0 Å². The fourth-order valence-electron chi connectivity index (χ4n) is 3.70. The Hall–Kier alpha value is -3.59. The van der Waals surface area contributed by atoms with Gasteiger partial charge < -0.3 is 14.6 Å². The molecule has 2 heterocycles. The van der Waals surface area contributed by atoms with Crippen LogP contribution in [0.25, 0.3) is 0 Å². The number of fused-ring (bicyclic) bond motifs is 1. The van der Waals surface area contributed by atoms with Gasteiger partial charge in [0.1, 0.15) is 0 Å². The van der Waals surface area contributed by atoms with Crippen molar-refractivity contribution in [2.24, 2.45) is 0 Å². The molecule has 2 amide bonds. The van der Waals surface area contributed by atoms with Gasteiger partial charge >= 0.3 is 0 Å². The molecule has 1 aromatic heterocycles. The molecule has 0 spiro atoms. The molecule has 0 fully saturated rings. The lowest BCUT2D eigenvalue weighted by atomic mass is 10.1. The Bertz CT molecular complexity index is 1280. The second-order valence-electron chi connectivity index (χ2n) is 7.52. The maximum Gasteiger partial charge on any atom is 0.293 e. The molecular weight excluding hydrogens is 430 g/mol. The van der Waals surface area contributed by atoms with E-state index >= 15 is 0 Å². The largest absolute Gasteiger partial charge is 0.459 e. The lowest BCUT2D eigenvalue weighted by molar-refractivity contribution is -0.115. The Morgan fingerprint density at radius 3 is 2.56 bits per heavy atom. The van der Waals surface area contributed by atoms with Crippen molar-refractivity contribution in [3.05, 3.63) is 71.7 Å². The summed E-state index contributed by atoms with van der Waals surface area (Å²) in [6, 6.07) is 13.1. The van der Waals surface area contributed by atoms with Crippen LogP contribution >= 0.6 is 0 Å². The Balaban J connectivity index is 1.53. The number of hydrogen-bond acceptors (Lipinski definition) is 5. The van der Waals surface area contributed by atoms with Gasteiger partial charge in [0.15, 0.2) is 5.76 Å². The van der Waals surface area contributed by atoms with Gasteiger partial charge in [-0.2, -0.15) is 0 Å². The number of hydrogen-bond donors (Lipinski definition) is 2. The van der Waals surface area contributed by atoms with Gasteiger partial charge in [-0.15, -0.1) is 0 Å². The number of benzene rings is 2. The number of nitrogens with one attached hydrogen (secondary N) is 2. The van der Waals surface area contributed by atoms with Crippen LogP contribution in [0.4, 0.5) is 17.1 Å². The number of nitrogens with zero attached hydrogens (tertiary/aromatic N) is 1. The molecule has 0 aliphatic carbocycles. The van der Waals surface area contributed by atoms with E-state index in [-0.39, 0.29) is 22.5 Å². The highest BCUT2D eigenvalue weighted by Crippen LogP contribution is 2.32. The zero-order chi connectivity index (χ0) is 22.9. The third kappa shape index (κ3) is 4.24. The summed E-state index contributed by atoms with van der Waals surface area (Å²) in [7, 11) is -3.84. The highest BCUT2D eigenvalue weighted by atomic mass is 32.2. The number of carbonyl (C=O) groups excluding carboxylic acids is 2. The number of anilines is 3. The SMILES string of the molecule is CCC(=O)Nc1ccc(S(=O)(=O)Nc2ccc3c(c2)CCN3C(=O)c2ccco2)c(C)c1. The normalized spacial score (nSPS) is 13.0. The molecule has 3 aromatic rings. The Morgan fingerprint density at radius 2 is 1.88 bits per heavy atom. The van der Waals surface area contributed by atoms with Crippen molar-refractivity contribution in [3.8, 4) is 0 Å². The third-order valence-electron chi connectivity index (χ3n) is 5.27. The van der Waals surface area contributed by atoms with Crippen LogP contribution in [0.5, 0.6) is 0 Å². The van der Waals surface area contributed by atoms with Crippen molar-refractivity contribution < 1.29 is 22.4 Å². The fraction of sp³-hybridized carbons (Fsp3) is 0.217. The van der Waals surface area contributed by atoms with E-state index in [1.54, 1.807) is 61.2 Å². The zero-order valence-corrected chi connectivity index (χ0v) is 18.5. The van der Waals surface area contributed by atoms with Crippen LogP contribution < -0.4 is 14.9 Å². The molecule has 2 aromatic carbocycles. The van der Waals surface area contributed by atoms with E-state index in [0.29, 0.717) is 36.3 Å². The van der Waals surface area contributed by atoms with E-state index in [1.807, 2.05) is 0 Å². The van der Waals surface area contributed by atoms with Crippen LogP contribution in [0.3, 0.4) is 0 Å². The topological polar surface area (TPSA) is 109 Å². The molecule has 1 aliphatic heterocycles. The van der Waals surface area contributed by atoms with Gasteiger partial charge in [0, 0.05) is 30.0 Å². The lowest BCUT2D eigenvalue weighted by Crippen LogP contribution is -2.28. The monoisotopic (exact) mass is 453 g/mol. The maximum atomic E-state index is 13.0. The molecule has 32 heavy (non-hydrogen) atoms. The lowest BCUT2D eigenvalue weighted by Gasteiger charge is -2.16. The van der Waals surface area contributed by atoms with Crippen LogP contribution in [0.15, 0.2) is 64.1 Å². The highest BCUT2D eigenvalue weighted by Gasteiger charge is 2.28. The number of furan rings is 1. The standard InChI is InChI=1S/C23H23N3O5S/c1-3-22(27)24-17-7-9-21(15(2)13-17)32(29,30)25-18-6-8-19-16(14-18)10-11-26(19)23(28)20-5-4-12-31-20/h4-9,12-14,25H,3,10-11H2,1-2H3,(H,24,27). The fourth-order valence-corrected chi connectivity index (χ4v) is 4.97. The second kappa shape index (κ2) is 8.51. The molecule has 0 saturated carbocycles. The van der Waals surface area contributed by atoms with Gasteiger partial charge in [0.2, 0.25) is 5.91 Å². The number of sulfonamides is 1. The predicted octanol–water partition coefficient (Wildman–Crippen LogP) is 3.94. The van der Waals surface area contributed by atoms with Crippen LogP contribution in [0.1, 0.15) is 35.0 Å². The van der Waals surface area contributed by atoms with Crippen molar-refractivity contribution >= 4 is 38.9 Å². The van der Waals surface area contributed by atoms with Gasteiger partial charge in [-0.1, -0.05) is 6.92 Å². The maximum absolute atomic E-state index is 13.0. The molecule has 0 atom stereocenters. The van der Waals surface area contributed by atoms with Crippen LogP contribution in [-0.4, -0.2) is 26.8 Å². The molecular formula is C23H23N3O5S. The van der Waals surface area contributed by atoms with E-state index in [1.165, 1.54) is 12.3 Å². The highest BCUT2D eigenvalue weighted by molar-refractivity contribution is 7.92. The third-order valence-corrected chi connectivity index (χ3v) is 6.82. The zero-order valence-electron chi connectivity index (χ0n) is 17.7. The Kier molecular flexibility index (Phi) is 5.75. The average Bonchev–Trinajstić information content (AvgIpc) is 3.42. The first-order valence-corrected chi connectivity index (χ1v) is 11.7. The molecule has 2 N–H and O–H groups in total. The summed E-state index contributed by atoms with van der Waals surface area (Å²) >= 11 is 0. The van der Waals surface area contributed by atoms with Crippen molar-refractivity contribution in [1.82, 2.24) is 0 Å². The van der Waals surface area contributed by atoms with E-state index in [0.717, 1.165) is 11.3 Å². The Labute approximate surface area is 186 Å². The minimum absolute atomic E-state index is 0.127. The van der Waals surface area contributed by atoms with Crippen molar-refractivity contribution in [2.45, 2.75) is 31.6 Å². The predicted molar refractivity (Wildman–Crippen MR) is 121 cm³/mol. The Morgan fingerprint density at radius 1 is 1.09 bits per heavy atom. The molecule has 0 bridgehead atoms. The van der Waals surface area contributed by atoms with E-state index in [2.05, 4.69) is 10.0 Å². The van der Waals surface area contributed by atoms with E-state index < -0.39 is 10.0 Å². The summed E-state index contributed by atoms with van der Waals surface area (Å²) < 4.78 is 33.7. The molecule has 9 heteroatoms. The number of amides is 2. The van der Waals surface area contributed by atoms with Crippen LogP contribution in [0, 0.1) is 6.92 Å². The van der Waals surface area contributed by atoms with Gasteiger partial charge in [0.05, 0.1) is 11.2 Å². The first-order chi connectivity index (χ1) is 15.3. The molecule has 0 unspecified atom stereocenters. The summed E-state index contributed by atoms with van der Waals surface area (Å²) in [6.07, 6.45) is 2.40. The second-order valence-corrected chi connectivity index (χ2v) is 9.17. The summed E-state index contributed by atoms with van der Waals surface area (Å²) in [5.74, 6) is -0.111. The quantitative estimate of drug-likeness (QED) is 0.588. The van der Waals surface area contributed by atoms with E-state index in [4.69, 9.17) is 4.42 Å². The molecule has 1 aliphatic rings. The minimum atomic E-state index is -3.84.